The molecule has 9 nitrogen and oxygen atoms in total. The van der Waals surface area contributed by atoms with Gasteiger partial charge in [-0.2, -0.15) is 31.3 Å². The van der Waals surface area contributed by atoms with Crippen LogP contribution < -0.4 is 16.4 Å². The van der Waals surface area contributed by atoms with Gasteiger partial charge in [0.15, 0.2) is 5.82 Å². The van der Waals surface area contributed by atoms with Gasteiger partial charge in [0.1, 0.15) is 5.02 Å². The number of nitrogens with two attached hydrogens (primary N) is 1. The number of aromatic nitrogens is 2. The molecule has 0 amide bonds. The van der Waals surface area contributed by atoms with Crippen molar-refractivity contribution in [1.29, 1.82) is 0 Å². The zero-order chi connectivity index (χ0) is 28.7. The summed E-state index contributed by atoms with van der Waals surface area (Å²) in [5.41, 5.74) is 11.1. The van der Waals surface area contributed by atoms with Crippen LogP contribution >= 0.6 is 11.6 Å². The van der Waals surface area contributed by atoms with Crippen molar-refractivity contribution in [3.05, 3.63) is 64.8 Å². The van der Waals surface area contributed by atoms with Gasteiger partial charge in [0, 0.05) is 17.1 Å². The highest BCUT2D eigenvalue weighted by Gasteiger charge is 2.38. The average molecular weight is 566 g/mol. The van der Waals surface area contributed by atoms with E-state index in [0.717, 1.165) is 35.5 Å². The van der Waals surface area contributed by atoms with E-state index < -0.39 is 24.3 Å². The topological polar surface area (TPSA) is 150 Å². The lowest BCUT2D eigenvalue weighted by atomic mass is 10.0. The Labute approximate surface area is 215 Å². The van der Waals surface area contributed by atoms with Crippen LogP contribution in [0.2, 0.25) is 5.02 Å². The number of rotatable bonds is 0. The van der Waals surface area contributed by atoms with E-state index >= 15 is 0 Å². The number of carboxylic acid groups (broad SMARTS) is 2. The van der Waals surface area contributed by atoms with E-state index in [-0.39, 0.29) is 0 Å². The Balaban J connectivity index is 0.000000301. The minimum absolute atomic E-state index is 0.461. The predicted octanol–water partition coefficient (Wildman–Crippen LogP) is 5.56. The molecule has 3 aromatic rings. The van der Waals surface area contributed by atoms with Crippen LogP contribution in [0.4, 0.5) is 55.2 Å². The first-order valence-electron chi connectivity index (χ1n) is 10.2. The van der Waals surface area contributed by atoms with Crippen LogP contribution in [0.1, 0.15) is 11.1 Å². The van der Waals surface area contributed by atoms with E-state index in [2.05, 4.69) is 32.7 Å². The molecule has 0 unspecified atom stereocenters. The van der Waals surface area contributed by atoms with Crippen molar-refractivity contribution in [2.45, 2.75) is 25.2 Å². The molecule has 1 aliphatic heterocycles. The summed E-state index contributed by atoms with van der Waals surface area (Å²) in [6.07, 6.45) is -6.81. The van der Waals surface area contributed by atoms with Crippen LogP contribution in [0.3, 0.4) is 0 Å². The molecule has 38 heavy (non-hydrogen) atoms. The van der Waals surface area contributed by atoms with Gasteiger partial charge < -0.3 is 26.6 Å². The second-order valence-electron chi connectivity index (χ2n) is 7.36. The first kappa shape index (κ1) is 30.0. The number of halogens is 7. The van der Waals surface area contributed by atoms with Gasteiger partial charge in [-0.25, -0.2) is 14.6 Å². The monoisotopic (exact) mass is 565 g/mol. The number of hydrogen-bond acceptors (Lipinski definition) is 7. The molecule has 1 aromatic heterocycles. The third-order valence-electron chi connectivity index (χ3n) is 4.50. The number of nitrogens with one attached hydrogen (secondary N) is 2. The lowest BCUT2D eigenvalue weighted by Crippen LogP contribution is -2.21. The molecule has 0 spiro atoms. The van der Waals surface area contributed by atoms with Crippen molar-refractivity contribution in [2.75, 3.05) is 16.4 Å². The summed E-state index contributed by atoms with van der Waals surface area (Å²) in [4.78, 5) is 26.5. The van der Waals surface area contributed by atoms with Crippen LogP contribution in [0, 0.1) is 0 Å². The van der Waals surface area contributed by atoms with Crippen molar-refractivity contribution < 1.29 is 46.1 Å². The molecule has 6 N–H and O–H groups in total. The molecule has 16 heteroatoms. The second kappa shape index (κ2) is 12.3. The Hall–Kier alpha value is -4.27. The molecule has 0 fully saturated rings. The number of hydrogen-bond donors (Lipinski definition) is 5. The standard InChI is InChI=1S/C18H16ClN5.2C2HF3O2/c19-15-10-21-18-23-13-3-1-2-11(8-13)4-5-12-9-14(6-7-16(12)20)22-17(15)24-18;2*3-2(4,5)1(6)7/h1-3,6-10H,4-5,20H2,(H2,21,22,23,24);2*(H,6,7). The fraction of sp³-hybridized carbons (Fsp3) is 0.182. The number of nitrogens with zero attached hydrogens (tertiary/aromatic N) is 2. The maximum atomic E-state index is 10.6. The molecule has 0 radical (unpaired) electrons. The van der Waals surface area contributed by atoms with Gasteiger partial charge in [-0.3, -0.25) is 0 Å². The molecule has 2 aromatic carbocycles. The molecule has 204 valence electrons. The summed E-state index contributed by atoms with van der Waals surface area (Å²) in [6, 6.07) is 14.1. The summed E-state index contributed by atoms with van der Waals surface area (Å²) in [6.45, 7) is 0. The molecule has 0 saturated carbocycles. The van der Waals surface area contributed by atoms with Crippen LogP contribution in [0.15, 0.2) is 48.7 Å². The van der Waals surface area contributed by atoms with E-state index in [4.69, 9.17) is 37.1 Å². The number of alkyl halides is 6. The molecule has 2 heterocycles. The molecular weight excluding hydrogens is 548 g/mol. The van der Waals surface area contributed by atoms with Gasteiger partial charge in [0.2, 0.25) is 5.95 Å². The molecular formula is C22H18ClF6N5O4. The zero-order valence-corrected chi connectivity index (χ0v) is 19.6. The SMILES string of the molecule is Nc1ccc2cc1CCc1cccc(c1)Nc1ncc(Cl)c(n1)N2.O=C(O)C(F)(F)F.O=C(O)C(F)(F)F. The number of anilines is 5. The lowest BCUT2D eigenvalue weighted by Gasteiger charge is -2.11. The Morgan fingerprint density at radius 1 is 0.895 bits per heavy atom. The Bertz CT molecular complexity index is 1280. The van der Waals surface area contributed by atoms with Crippen LogP contribution in [0.5, 0.6) is 0 Å². The summed E-state index contributed by atoms with van der Waals surface area (Å²) in [5, 5.41) is 21.2. The van der Waals surface area contributed by atoms with Crippen LogP contribution in [-0.4, -0.2) is 44.5 Å². The minimum Gasteiger partial charge on any atom is -0.475 e. The summed E-state index contributed by atoms with van der Waals surface area (Å²) in [5.74, 6) is -4.46. The minimum atomic E-state index is -5.08. The van der Waals surface area contributed by atoms with E-state index in [0.29, 0.717) is 16.8 Å². The maximum Gasteiger partial charge on any atom is 0.490 e. The second-order valence-corrected chi connectivity index (χ2v) is 7.77. The van der Waals surface area contributed by atoms with Gasteiger partial charge in [0.05, 0.1) is 6.20 Å². The molecule has 1 aliphatic rings. The largest absolute Gasteiger partial charge is 0.490 e. The van der Waals surface area contributed by atoms with Crippen molar-refractivity contribution >= 4 is 52.4 Å². The fourth-order valence-electron chi connectivity index (χ4n) is 2.76. The molecule has 6 bridgehead atoms. The van der Waals surface area contributed by atoms with Gasteiger partial charge in [-0.1, -0.05) is 23.7 Å². The smallest absolute Gasteiger partial charge is 0.475 e. The van der Waals surface area contributed by atoms with Crippen molar-refractivity contribution in [3.8, 4) is 0 Å². The molecule has 0 atom stereocenters. The molecule has 4 rings (SSSR count). The first-order valence-corrected chi connectivity index (χ1v) is 10.6. The third-order valence-corrected chi connectivity index (χ3v) is 4.78. The van der Waals surface area contributed by atoms with E-state index in [1.165, 1.54) is 5.56 Å². The number of aliphatic carboxylic acids is 2. The Morgan fingerprint density at radius 2 is 1.47 bits per heavy atom. The van der Waals surface area contributed by atoms with Crippen LogP contribution in [-0.2, 0) is 22.4 Å². The number of benzene rings is 2. The van der Waals surface area contributed by atoms with Crippen molar-refractivity contribution in [2.24, 2.45) is 0 Å². The molecule has 0 aliphatic carbocycles. The lowest BCUT2D eigenvalue weighted by molar-refractivity contribution is -0.193. The highest BCUT2D eigenvalue weighted by Crippen LogP contribution is 2.28. The highest BCUT2D eigenvalue weighted by molar-refractivity contribution is 6.32. The highest BCUT2D eigenvalue weighted by atomic mass is 35.5. The Morgan fingerprint density at radius 3 is 2.05 bits per heavy atom. The fourth-order valence-corrected chi connectivity index (χ4v) is 2.90. The zero-order valence-electron chi connectivity index (χ0n) is 18.9. The number of fused-ring (bicyclic) bond motifs is 6. The summed E-state index contributed by atoms with van der Waals surface area (Å²) < 4.78 is 63.5. The van der Waals surface area contributed by atoms with Crippen LogP contribution in [0.25, 0.3) is 0 Å². The number of carboxylic acids is 2. The normalized spacial score (nSPS) is 12.3. The first-order chi connectivity index (χ1) is 17.6. The van der Waals surface area contributed by atoms with Gasteiger partial charge in [0.25, 0.3) is 0 Å². The van der Waals surface area contributed by atoms with Gasteiger partial charge in [-0.05, 0) is 54.3 Å². The van der Waals surface area contributed by atoms with E-state index in [9.17, 15) is 26.3 Å². The third kappa shape index (κ3) is 9.31. The quantitative estimate of drug-likeness (QED) is 0.174. The summed E-state index contributed by atoms with van der Waals surface area (Å²) >= 11 is 6.22. The number of nitrogen functional groups attached to an aromatic ring is 1. The van der Waals surface area contributed by atoms with E-state index in [1.54, 1.807) is 6.20 Å². The Kier molecular flexibility index (Phi) is 9.71. The van der Waals surface area contributed by atoms with Crippen molar-refractivity contribution in [1.82, 2.24) is 9.97 Å². The number of aryl methyl sites for hydroxylation is 2. The number of carbonyl (C=O) groups is 2. The summed E-state index contributed by atoms with van der Waals surface area (Å²) in [7, 11) is 0. The molecule has 0 saturated heterocycles. The predicted molar refractivity (Wildman–Crippen MR) is 126 cm³/mol. The van der Waals surface area contributed by atoms with Crippen molar-refractivity contribution in [3.63, 3.8) is 0 Å². The van der Waals surface area contributed by atoms with E-state index in [1.807, 2.05) is 30.3 Å². The van der Waals surface area contributed by atoms with Gasteiger partial charge in [-0.15, -0.1) is 0 Å². The average Bonchev–Trinajstić information content (AvgIpc) is 2.81. The maximum absolute atomic E-state index is 10.6. The van der Waals surface area contributed by atoms with Gasteiger partial charge >= 0.3 is 24.3 Å².